The summed E-state index contributed by atoms with van der Waals surface area (Å²) in [5.41, 5.74) is 4.65. The molecule has 0 amide bonds. The van der Waals surface area contributed by atoms with Gasteiger partial charge in [0.2, 0.25) is 0 Å². The number of nitrogens with two attached hydrogens (primary N) is 1. The molecule has 0 aliphatic heterocycles. The summed E-state index contributed by atoms with van der Waals surface area (Å²) in [7, 11) is -1.35. The van der Waals surface area contributed by atoms with Gasteiger partial charge >= 0.3 is 7.12 Å². The lowest BCUT2D eigenvalue weighted by molar-refractivity contribution is -0.0982. The molecule has 8 heteroatoms. The smallest absolute Gasteiger partial charge is 0.472 e. The van der Waals surface area contributed by atoms with Crippen LogP contribution in [0.25, 0.3) is 11.4 Å². The van der Waals surface area contributed by atoms with Crippen LogP contribution in [0.5, 0.6) is 0 Å². The molecule has 0 spiro atoms. The van der Waals surface area contributed by atoms with Crippen LogP contribution in [0, 0.1) is 0 Å². The van der Waals surface area contributed by atoms with E-state index in [1.54, 1.807) is 33.8 Å². The summed E-state index contributed by atoms with van der Waals surface area (Å²) in [6.07, 6.45) is 4.40. The van der Waals surface area contributed by atoms with E-state index < -0.39 is 18.3 Å². The molecule has 2 aromatic heterocycles. The summed E-state index contributed by atoms with van der Waals surface area (Å²) in [6, 6.07) is 1.71. The maximum atomic E-state index is 10.2. The highest BCUT2D eigenvalue weighted by atomic mass is 16.5. The van der Waals surface area contributed by atoms with Crippen LogP contribution in [0.4, 0.5) is 5.82 Å². The van der Waals surface area contributed by atoms with Crippen LogP contribution in [0.2, 0.25) is 0 Å². The Morgan fingerprint density at radius 2 is 2.00 bits per heavy atom. The van der Waals surface area contributed by atoms with Crippen molar-refractivity contribution in [1.82, 2.24) is 9.97 Å². The standard InChI is InChI=1S/C14H20BN3O4/c1-13(2,19)14(3,4)22-15(20)10-7-17-12(18-11(10)16)9-5-6-21-8-9/h5-8,19-20H,1-4H3,(H2,16,17,18). The highest BCUT2D eigenvalue weighted by Crippen LogP contribution is 2.25. The Bertz CT molecular complexity index is 638. The van der Waals surface area contributed by atoms with Gasteiger partial charge in [-0.1, -0.05) is 0 Å². The van der Waals surface area contributed by atoms with Crippen molar-refractivity contribution in [2.75, 3.05) is 5.73 Å². The molecular weight excluding hydrogens is 285 g/mol. The van der Waals surface area contributed by atoms with Crippen molar-refractivity contribution in [3.8, 4) is 11.4 Å². The van der Waals surface area contributed by atoms with E-state index in [4.69, 9.17) is 14.8 Å². The molecule has 0 atom stereocenters. The molecule has 0 saturated heterocycles. The van der Waals surface area contributed by atoms with Crippen molar-refractivity contribution >= 4 is 18.4 Å². The van der Waals surface area contributed by atoms with E-state index in [-0.39, 0.29) is 11.3 Å². The highest BCUT2D eigenvalue weighted by Gasteiger charge is 2.40. The third kappa shape index (κ3) is 3.29. The average Bonchev–Trinajstić information content (AvgIpc) is 2.90. The SMILES string of the molecule is CC(C)(O)C(C)(C)OB(O)c1cnc(-c2ccoc2)nc1N. The molecule has 118 valence electrons. The second-order valence-corrected chi connectivity index (χ2v) is 6.09. The van der Waals surface area contributed by atoms with Gasteiger partial charge in [-0.3, -0.25) is 0 Å². The molecule has 2 heterocycles. The summed E-state index contributed by atoms with van der Waals surface area (Å²) in [5, 5.41) is 20.3. The number of nitrogens with zero attached hydrogens (tertiary/aromatic N) is 2. The van der Waals surface area contributed by atoms with Gasteiger partial charge in [-0.15, -0.1) is 0 Å². The molecule has 0 bridgehead atoms. The number of rotatable bonds is 5. The minimum absolute atomic E-state index is 0.102. The third-order valence-electron chi connectivity index (χ3n) is 3.77. The van der Waals surface area contributed by atoms with Crippen molar-refractivity contribution in [3.05, 3.63) is 24.8 Å². The molecule has 0 aromatic carbocycles. The summed E-state index contributed by atoms with van der Waals surface area (Å²) in [5.74, 6) is 0.495. The van der Waals surface area contributed by atoms with Crippen LogP contribution >= 0.6 is 0 Å². The molecule has 7 nitrogen and oxygen atoms in total. The van der Waals surface area contributed by atoms with Gasteiger partial charge in [-0.05, 0) is 33.8 Å². The summed E-state index contributed by atoms with van der Waals surface area (Å²) in [6.45, 7) is 6.55. The lowest BCUT2D eigenvalue weighted by Crippen LogP contribution is -2.53. The number of anilines is 1. The molecule has 0 saturated carbocycles. The van der Waals surface area contributed by atoms with E-state index in [1.165, 1.54) is 18.7 Å². The van der Waals surface area contributed by atoms with Crippen molar-refractivity contribution in [1.29, 1.82) is 0 Å². The second kappa shape index (κ2) is 5.71. The van der Waals surface area contributed by atoms with Crippen molar-refractivity contribution < 1.29 is 19.2 Å². The number of hydrogen-bond donors (Lipinski definition) is 3. The Labute approximate surface area is 129 Å². The second-order valence-electron chi connectivity index (χ2n) is 6.09. The molecule has 22 heavy (non-hydrogen) atoms. The zero-order chi connectivity index (χ0) is 16.5. The van der Waals surface area contributed by atoms with E-state index in [2.05, 4.69) is 9.97 Å². The molecule has 0 aliphatic rings. The van der Waals surface area contributed by atoms with Gasteiger partial charge in [-0.2, -0.15) is 0 Å². The van der Waals surface area contributed by atoms with Gasteiger partial charge in [0.05, 0.1) is 23.0 Å². The Morgan fingerprint density at radius 1 is 1.32 bits per heavy atom. The first-order valence-electron chi connectivity index (χ1n) is 6.85. The number of hydrogen-bond acceptors (Lipinski definition) is 7. The fourth-order valence-corrected chi connectivity index (χ4v) is 1.61. The average molecular weight is 305 g/mol. The Morgan fingerprint density at radius 3 is 2.50 bits per heavy atom. The fourth-order valence-electron chi connectivity index (χ4n) is 1.61. The van der Waals surface area contributed by atoms with Crippen LogP contribution in [0.3, 0.4) is 0 Å². The van der Waals surface area contributed by atoms with Gasteiger partial charge in [0.15, 0.2) is 5.82 Å². The lowest BCUT2D eigenvalue weighted by atomic mass is 9.77. The lowest BCUT2D eigenvalue weighted by Gasteiger charge is -2.38. The van der Waals surface area contributed by atoms with Crippen molar-refractivity contribution in [2.45, 2.75) is 38.9 Å². The Balaban J connectivity index is 2.23. The maximum absolute atomic E-state index is 10.2. The van der Waals surface area contributed by atoms with E-state index in [9.17, 15) is 10.1 Å². The predicted molar refractivity (Wildman–Crippen MR) is 83.2 cm³/mol. The number of nitrogen functional groups attached to an aromatic ring is 1. The first-order valence-corrected chi connectivity index (χ1v) is 6.85. The van der Waals surface area contributed by atoms with Gasteiger partial charge < -0.3 is 24.9 Å². The van der Waals surface area contributed by atoms with Gasteiger partial charge in [0.25, 0.3) is 0 Å². The zero-order valence-electron chi connectivity index (χ0n) is 13.1. The number of furan rings is 1. The maximum Gasteiger partial charge on any atom is 0.497 e. The molecule has 0 unspecified atom stereocenters. The first-order chi connectivity index (χ1) is 10.1. The summed E-state index contributed by atoms with van der Waals surface area (Å²) in [4.78, 5) is 8.27. The quantitative estimate of drug-likeness (QED) is 0.692. The number of aliphatic hydroxyl groups is 1. The molecule has 2 rings (SSSR count). The fraction of sp³-hybridized carbons (Fsp3) is 0.429. The minimum atomic E-state index is -1.35. The van der Waals surface area contributed by atoms with E-state index in [0.29, 0.717) is 11.4 Å². The van der Waals surface area contributed by atoms with Gasteiger partial charge in [-0.25, -0.2) is 9.97 Å². The van der Waals surface area contributed by atoms with Crippen molar-refractivity contribution in [2.24, 2.45) is 0 Å². The first kappa shape index (κ1) is 16.5. The topological polar surface area (TPSA) is 115 Å². The van der Waals surface area contributed by atoms with Crippen LogP contribution in [0.15, 0.2) is 29.2 Å². The van der Waals surface area contributed by atoms with E-state index >= 15 is 0 Å². The Kier molecular flexibility index (Phi) is 4.28. The van der Waals surface area contributed by atoms with Gasteiger partial charge in [0, 0.05) is 11.7 Å². The minimum Gasteiger partial charge on any atom is -0.472 e. The van der Waals surface area contributed by atoms with E-state index in [1.807, 2.05) is 0 Å². The van der Waals surface area contributed by atoms with Crippen LogP contribution in [-0.4, -0.2) is 38.4 Å². The molecule has 0 aliphatic carbocycles. The molecule has 4 N–H and O–H groups in total. The van der Waals surface area contributed by atoms with Gasteiger partial charge in [0.1, 0.15) is 12.1 Å². The zero-order valence-corrected chi connectivity index (χ0v) is 13.1. The summed E-state index contributed by atoms with van der Waals surface area (Å²) < 4.78 is 10.5. The molecule has 0 radical (unpaired) electrons. The van der Waals surface area contributed by atoms with Crippen LogP contribution in [-0.2, 0) is 4.65 Å². The molecular formula is C14H20BN3O4. The van der Waals surface area contributed by atoms with E-state index in [0.717, 1.165) is 0 Å². The number of aromatic nitrogens is 2. The predicted octanol–water partition coefficient (Wildman–Crippen LogP) is 0.572. The summed E-state index contributed by atoms with van der Waals surface area (Å²) >= 11 is 0. The third-order valence-corrected chi connectivity index (χ3v) is 3.77. The van der Waals surface area contributed by atoms with Crippen LogP contribution in [0.1, 0.15) is 27.7 Å². The highest BCUT2D eigenvalue weighted by molar-refractivity contribution is 6.61. The largest absolute Gasteiger partial charge is 0.497 e. The van der Waals surface area contributed by atoms with Crippen molar-refractivity contribution in [3.63, 3.8) is 0 Å². The molecule has 2 aromatic rings. The Hall–Kier alpha value is -1.90. The molecule has 0 fully saturated rings. The monoisotopic (exact) mass is 305 g/mol. The van der Waals surface area contributed by atoms with Crippen LogP contribution < -0.4 is 11.2 Å². The normalized spacial score (nSPS) is 12.5.